The maximum absolute atomic E-state index is 11.8. The van der Waals surface area contributed by atoms with Crippen molar-refractivity contribution in [3.63, 3.8) is 0 Å². The Morgan fingerprint density at radius 3 is 2.61 bits per heavy atom. The smallest absolute Gasteiger partial charge is 0.227 e. The van der Waals surface area contributed by atoms with Gasteiger partial charge < -0.3 is 15.0 Å². The summed E-state index contributed by atoms with van der Waals surface area (Å²) in [5.74, 6) is 1.02. The van der Waals surface area contributed by atoms with Crippen LogP contribution in [0.5, 0.6) is 5.75 Å². The molecule has 1 fully saturated rings. The van der Waals surface area contributed by atoms with Crippen LogP contribution in [0, 0.1) is 6.92 Å². The first-order valence-corrected chi connectivity index (χ1v) is 7.98. The van der Waals surface area contributed by atoms with Gasteiger partial charge in [0.1, 0.15) is 12.4 Å². The molecule has 23 heavy (non-hydrogen) atoms. The van der Waals surface area contributed by atoms with Crippen molar-refractivity contribution in [2.24, 2.45) is 0 Å². The van der Waals surface area contributed by atoms with Gasteiger partial charge in [0.15, 0.2) is 0 Å². The average Bonchev–Trinajstić information content (AvgIpc) is 3.00. The maximum atomic E-state index is 11.8. The number of nitrogens with one attached hydrogen (secondary N) is 1. The minimum atomic E-state index is 0.206. The molecule has 0 aliphatic carbocycles. The van der Waals surface area contributed by atoms with E-state index < -0.39 is 0 Å². The second kappa shape index (κ2) is 6.73. The fraction of sp³-hybridized carbons (Fsp3) is 0.316. The number of aryl methyl sites for hydroxylation is 1. The molecule has 1 N–H and O–H groups in total. The maximum Gasteiger partial charge on any atom is 0.227 e. The van der Waals surface area contributed by atoms with Crippen molar-refractivity contribution >= 4 is 17.3 Å². The van der Waals surface area contributed by atoms with E-state index in [1.54, 1.807) is 0 Å². The van der Waals surface area contributed by atoms with Crippen LogP contribution in [0.4, 0.5) is 11.4 Å². The van der Waals surface area contributed by atoms with Gasteiger partial charge in [-0.15, -0.1) is 0 Å². The quantitative estimate of drug-likeness (QED) is 0.914. The van der Waals surface area contributed by atoms with Gasteiger partial charge in [-0.25, -0.2) is 0 Å². The topological polar surface area (TPSA) is 41.6 Å². The first-order valence-electron chi connectivity index (χ1n) is 7.98. The second-order valence-electron chi connectivity index (χ2n) is 5.78. The van der Waals surface area contributed by atoms with Crippen LogP contribution in [0.15, 0.2) is 42.5 Å². The van der Waals surface area contributed by atoms with E-state index >= 15 is 0 Å². The Morgan fingerprint density at radius 2 is 1.96 bits per heavy atom. The lowest BCUT2D eigenvalue weighted by Crippen LogP contribution is -2.23. The van der Waals surface area contributed by atoms with Gasteiger partial charge in [0, 0.05) is 37.0 Å². The second-order valence-corrected chi connectivity index (χ2v) is 5.78. The SMILES string of the molecule is CNc1cccc(C)c1COc1ccc(N2CCCC2=O)cc1. The van der Waals surface area contributed by atoms with E-state index in [4.69, 9.17) is 4.74 Å². The largest absolute Gasteiger partial charge is 0.489 e. The molecule has 1 aliphatic heterocycles. The van der Waals surface area contributed by atoms with Gasteiger partial charge in [-0.05, 0) is 49.2 Å². The Kier molecular flexibility index (Phi) is 4.51. The predicted octanol–water partition coefficient (Wildman–Crippen LogP) is 3.74. The van der Waals surface area contributed by atoms with Gasteiger partial charge in [-0.1, -0.05) is 12.1 Å². The summed E-state index contributed by atoms with van der Waals surface area (Å²) < 4.78 is 5.92. The van der Waals surface area contributed by atoms with Gasteiger partial charge in [-0.2, -0.15) is 0 Å². The van der Waals surface area contributed by atoms with Gasteiger partial charge in [0.2, 0.25) is 5.91 Å². The number of nitrogens with zero attached hydrogens (tertiary/aromatic N) is 1. The fourth-order valence-electron chi connectivity index (χ4n) is 2.93. The molecular formula is C19H22N2O2. The number of ether oxygens (including phenoxy) is 1. The lowest BCUT2D eigenvalue weighted by atomic mass is 10.1. The molecule has 0 atom stereocenters. The molecule has 1 saturated heterocycles. The minimum absolute atomic E-state index is 0.206. The molecule has 2 aromatic carbocycles. The first kappa shape index (κ1) is 15.4. The van der Waals surface area contributed by atoms with Crippen molar-refractivity contribution in [2.45, 2.75) is 26.4 Å². The molecule has 0 unspecified atom stereocenters. The molecule has 0 bridgehead atoms. The summed E-state index contributed by atoms with van der Waals surface area (Å²) in [4.78, 5) is 13.6. The van der Waals surface area contributed by atoms with Crippen LogP contribution < -0.4 is 15.0 Å². The zero-order valence-electron chi connectivity index (χ0n) is 13.6. The molecule has 0 saturated carbocycles. The molecular weight excluding hydrogens is 288 g/mol. The third-order valence-electron chi connectivity index (χ3n) is 4.28. The minimum Gasteiger partial charge on any atom is -0.489 e. The van der Waals surface area contributed by atoms with Crippen molar-refractivity contribution in [3.8, 4) is 5.75 Å². The van der Waals surface area contributed by atoms with E-state index in [1.807, 2.05) is 48.3 Å². The van der Waals surface area contributed by atoms with E-state index in [2.05, 4.69) is 18.3 Å². The normalized spacial score (nSPS) is 14.2. The van der Waals surface area contributed by atoms with Crippen LogP contribution in [-0.4, -0.2) is 19.5 Å². The molecule has 0 radical (unpaired) electrons. The van der Waals surface area contributed by atoms with Crippen LogP contribution >= 0.6 is 0 Å². The summed E-state index contributed by atoms with van der Waals surface area (Å²) in [7, 11) is 1.92. The molecule has 120 valence electrons. The van der Waals surface area contributed by atoms with Crippen LogP contribution in [0.2, 0.25) is 0 Å². The van der Waals surface area contributed by atoms with Crippen LogP contribution in [0.1, 0.15) is 24.0 Å². The predicted molar refractivity (Wildman–Crippen MR) is 93.1 cm³/mol. The molecule has 3 rings (SSSR count). The molecule has 4 heteroatoms. The first-order chi connectivity index (χ1) is 11.2. The highest BCUT2D eigenvalue weighted by atomic mass is 16.5. The Labute approximate surface area is 137 Å². The number of benzene rings is 2. The van der Waals surface area contributed by atoms with Crippen LogP contribution in [0.3, 0.4) is 0 Å². The third kappa shape index (κ3) is 3.31. The van der Waals surface area contributed by atoms with E-state index in [0.717, 1.165) is 35.7 Å². The molecule has 0 aromatic heterocycles. The number of amides is 1. The van der Waals surface area contributed by atoms with Gasteiger partial charge in [0.25, 0.3) is 0 Å². The Morgan fingerprint density at radius 1 is 1.17 bits per heavy atom. The Bertz CT molecular complexity index is 695. The average molecular weight is 310 g/mol. The fourth-order valence-corrected chi connectivity index (χ4v) is 2.93. The van der Waals surface area contributed by atoms with Gasteiger partial charge >= 0.3 is 0 Å². The standard InChI is InChI=1S/C19H22N2O2/c1-14-5-3-6-18(20-2)17(14)13-23-16-10-8-15(9-11-16)21-12-4-7-19(21)22/h3,5-6,8-11,20H,4,7,12-13H2,1-2H3. The Hall–Kier alpha value is -2.49. The van der Waals surface area contributed by atoms with Gasteiger partial charge in [-0.3, -0.25) is 4.79 Å². The summed E-state index contributed by atoms with van der Waals surface area (Å²) in [6.45, 7) is 3.42. The zero-order chi connectivity index (χ0) is 16.2. The van der Waals surface area contributed by atoms with E-state index in [1.165, 1.54) is 5.56 Å². The van der Waals surface area contributed by atoms with E-state index in [-0.39, 0.29) is 5.91 Å². The monoisotopic (exact) mass is 310 g/mol. The van der Waals surface area contributed by atoms with Crippen LogP contribution in [0.25, 0.3) is 0 Å². The van der Waals surface area contributed by atoms with Gasteiger partial charge in [0.05, 0.1) is 0 Å². The summed E-state index contributed by atoms with van der Waals surface area (Å²) in [5.41, 5.74) is 4.40. The lowest BCUT2D eigenvalue weighted by molar-refractivity contribution is -0.117. The number of carbonyl (C=O) groups excluding carboxylic acids is 1. The summed E-state index contributed by atoms with van der Waals surface area (Å²) >= 11 is 0. The van der Waals surface area contributed by atoms with Crippen molar-refractivity contribution < 1.29 is 9.53 Å². The highest BCUT2D eigenvalue weighted by Crippen LogP contribution is 2.25. The highest BCUT2D eigenvalue weighted by molar-refractivity contribution is 5.95. The lowest BCUT2D eigenvalue weighted by Gasteiger charge is -2.17. The van der Waals surface area contributed by atoms with Crippen LogP contribution in [-0.2, 0) is 11.4 Å². The van der Waals surface area contributed by atoms with Crippen molar-refractivity contribution in [3.05, 3.63) is 53.6 Å². The summed E-state index contributed by atoms with van der Waals surface area (Å²) in [6, 6.07) is 13.9. The van der Waals surface area contributed by atoms with Crippen molar-refractivity contribution in [2.75, 3.05) is 23.8 Å². The third-order valence-corrected chi connectivity index (χ3v) is 4.28. The number of carbonyl (C=O) groups is 1. The summed E-state index contributed by atoms with van der Waals surface area (Å²) in [5, 5.41) is 3.20. The molecule has 1 aliphatic rings. The number of rotatable bonds is 5. The Balaban J connectivity index is 1.69. The van der Waals surface area contributed by atoms with E-state index in [0.29, 0.717) is 13.0 Å². The number of anilines is 2. The molecule has 1 heterocycles. The number of hydrogen-bond donors (Lipinski definition) is 1. The molecule has 2 aromatic rings. The summed E-state index contributed by atoms with van der Waals surface area (Å²) in [6.07, 6.45) is 1.59. The number of hydrogen-bond acceptors (Lipinski definition) is 3. The molecule has 1 amide bonds. The zero-order valence-corrected chi connectivity index (χ0v) is 13.6. The molecule has 4 nitrogen and oxygen atoms in total. The van der Waals surface area contributed by atoms with E-state index in [9.17, 15) is 4.79 Å². The van der Waals surface area contributed by atoms with Crippen molar-refractivity contribution in [1.82, 2.24) is 0 Å². The molecule has 0 spiro atoms. The van der Waals surface area contributed by atoms with Crippen molar-refractivity contribution in [1.29, 1.82) is 0 Å². The highest BCUT2D eigenvalue weighted by Gasteiger charge is 2.21.